The highest BCUT2D eigenvalue weighted by Crippen LogP contribution is 2.27. The highest BCUT2D eigenvalue weighted by atomic mass is 32.2. The number of hydrogen-bond acceptors (Lipinski definition) is 6. The maximum atomic E-state index is 13.4. The van der Waals surface area contributed by atoms with Gasteiger partial charge in [0.1, 0.15) is 11.8 Å². The predicted octanol–water partition coefficient (Wildman–Crippen LogP) is 1.70. The van der Waals surface area contributed by atoms with E-state index in [1.54, 1.807) is 24.7 Å². The van der Waals surface area contributed by atoms with Crippen LogP contribution in [0.25, 0.3) is 0 Å². The van der Waals surface area contributed by atoms with E-state index in [1.165, 1.54) is 23.7 Å². The fourth-order valence-corrected chi connectivity index (χ4v) is 4.15. The maximum Gasteiger partial charge on any atom is 0.248 e. The van der Waals surface area contributed by atoms with Crippen LogP contribution in [0.15, 0.2) is 24.3 Å². The van der Waals surface area contributed by atoms with Gasteiger partial charge < -0.3 is 15.4 Å². The van der Waals surface area contributed by atoms with E-state index < -0.39 is 29.7 Å². The topological polar surface area (TPSA) is 122 Å². The van der Waals surface area contributed by atoms with Crippen LogP contribution in [0.5, 0.6) is 5.75 Å². The van der Waals surface area contributed by atoms with Gasteiger partial charge in [-0.3, -0.25) is 19.6 Å². The number of ether oxygens (including phenoxy) is 1. The van der Waals surface area contributed by atoms with Crippen molar-refractivity contribution in [1.82, 2.24) is 10.4 Å². The van der Waals surface area contributed by atoms with Crippen LogP contribution in [0.2, 0.25) is 0 Å². The fourth-order valence-electron chi connectivity index (χ4n) is 3.41. The molecule has 8 nitrogen and oxygen atoms in total. The number of amides is 3. The molecule has 4 N–H and O–H groups in total. The van der Waals surface area contributed by atoms with Crippen molar-refractivity contribution in [3.05, 3.63) is 29.8 Å². The number of nitrogens with one attached hydrogen (secondary N) is 1. The Labute approximate surface area is 182 Å². The minimum absolute atomic E-state index is 0.136. The number of nitrogens with zero attached hydrogens (tertiary/aromatic N) is 1. The largest absolute Gasteiger partial charge is 0.497 e. The summed E-state index contributed by atoms with van der Waals surface area (Å²) in [4.78, 5) is 39.2. The smallest absolute Gasteiger partial charge is 0.248 e. The Hall–Kier alpha value is -2.26. The number of thioether (sulfide) groups is 1. The summed E-state index contributed by atoms with van der Waals surface area (Å²) in [7, 11) is 3.09. The average molecular weight is 440 g/mol. The van der Waals surface area contributed by atoms with E-state index in [4.69, 9.17) is 15.7 Å². The zero-order chi connectivity index (χ0) is 22.8. The first-order valence-electron chi connectivity index (χ1n) is 9.77. The number of hydroxylamine groups is 1. The van der Waals surface area contributed by atoms with Crippen LogP contribution >= 0.6 is 11.8 Å². The van der Waals surface area contributed by atoms with Gasteiger partial charge >= 0.3 is 0 Å². The molecule has 0 bridgehead atoms. The summed E-state index contributed by atoms with van der Waals surface area (Å²) in [5.41, 5.74) is 8.12. The number of rotatable bonds is 12. The number of methoxy groups -OCH3 is 1. The average Bonchev–Trinajstić information content (AvgIpc) is 2.72. The van der Waals surface area contributed by atoms with Gasteiger partial charge in [-0.25, -0.2) is 5.48 Å². The molecule has 2 unspecified atom stereocenters. The standard InChI is InChI=1S/C21H33N3O5S/c1-13(2)10-16(17(12-30-5)20(26)23-28)21(27)24(3)18(19(22)25)11-14-6-8-15(29-4)9-7-14/h6-9,13,16-18,28H,10-12H2,1-5H3,(H2,22,25)(H,23,26)/t16?,17?,18-/m0/s1. The first kappa shape index (κ1) is 25.8. The van der Waals surface area contributed by atoms with Gasteiger partial charge in [-0.1, -0.05) is 26.0 Å². The maximum absolute atomic E-state index is 13.4. The molecule has 1 aromatic carbocycles. The lowest BCUT2D eigenvalue weighted by molar-refractivity contribution is -0.147. The summed E-state index contributed by atoms with van der Waals surface area (Å²) in [5.74, 6) is -1.81. The third kappa shape index (κ3) is 7.21. The Balaban J connectivity index is 3.15. The molecule has 0 aromatic heterocycles. The number of carbonyl (C=O) groups excluding carboxylic acids is 3. The first-order valence-corrected chi connectivity index (χ1v) is 11.2. The Bertz CT molecular complexity index is 711. The highest BCUT2D eigenvalue weighted by Gasteiger charge is 2.38. The summed E-state index contributed by atoms with van der Waals surface area (Å²) in [6, 6.07) is 6.31. The second-order valence-corrected chi connectivity index (χ2v) is 8.60. The van der Waals surface area contributed by atoms with E-state index in [-0.39, 0.29) is 18.2 Å². The van der Waals surface area contributed by atoms with Crippen LogP contribution in [-0.2, 0) is 20.8 Å². The lowest BCUT2D eigenvalue weighted by atomic mass is 9.84. The minimum Gasteiger partial charge on any atom is -0.497 e. The fraction of sp³-hybridized carbons (Fsp3) is 0.571. The molecule has 0 radical (unpaired) electrons. The van der Waals surface area contributed by atoms with Crippen molar-refractivity contribution >= 4 is 29.5 Å². The molecule has 1 aromatic rings. The normalized spacial score (nSPS) is 14.0. The second-order valence-electron chi connectivity index (χ2n) is 7.69. The predicted molar refractivity (Wildman–Crippen MR) is 117 cm³/mol. The van der Waals surface area contributed by atoms with Crippen LogP contribution in [-0.4, -0.2) is 60.0 Å². The van der Waals surface area contributed by atoms with Gasteiger partial charge in [0.2, 0.25) is 17.7 Å². The highest BCUT2D eigenvalue weighted by molar-refractivity contribution is 7.98. The zero-order valence-corrected chi connectivity index (χ0v) is 19.1. The molecular formula is C21H33N3O5S. The van der Waals surface area contributed by atoms with Gasteiger partial charge in [-0.05, 0) is 36.3 Å². The van der Waals surface area contributed by atoms with Gasteiger partial charge in [0.15, 0.2) is 0 Å². The molecule has 1 rings (SSSR count). The molecule has 0 aliphatic carbocycles. The molecule has 168 valence electrons. The van der Waals surface area contributed by atoms with Gasteiger partial charge in [0.25, 0.3) is 0 Å². The summed E-state index contributed by atoms with van der Waals surface area (Å²) >= 11 is 1.41. The summed E-state index contributed by atoms with van der Waals surface area (Å²) < 4.78 is 5.14. The Morgan fingerprint density at radius 1 is 1.20 bits per heavy atom. The van der Waals surface area contributed by atoms with Crippen molar-refractivity contribution < 1.29 is 24.3 Å². The van der Waals surface area contributed by atoms with Crippen LogP contribution < -0.4 is 16.0 Å². The lowest BCUT2D eigenvalue weighted by Gasteiger charge is -2.33. The number of nitrogens with two attached hydrogens (primary N) is 1. The molecule has 0 fully saturated rings. The van der Waals surface area contributed by atoms with Crippen LogP contribution in [0.4, 0.5) is 0 Å². The number of carbonyl (C=O) groups is 3. The van der Waals surface area contributed by atoms with Crippen molar-refractivity contribution in [2.45, 2.75) is 32.7 Å². The molecule has 0 saturated carbocycles. The van der Waals surface area contributed by atoms with Crippen molar-refractivity contribution in [3.8, 4) is 5.75 Å². The molecule has 3 amide bonds. The molecular weight excluding hydrogens is 406 g/mol. The van der Waals surface area contributed by atoms with Gasteiger partial charge in [-0.15, -0.1) is 0 Å². The number of likely N-dealkylation sites (N-methyl/N-ethyl adjacent to an activating group) is 1. The molecule has 0 saturated heterocycles. The van der Waals surface area contributed by atoms with Crippen molar-refractivity contribution in [2.24, 2.45) is 23.5 Å². The van der Waals surface area contributed by atoms with Crippen molar-refractivity contribution in [1.29, 1.82) is 0 Å². The summed E-state index contributed by atoms with van der Waals surface area (Å²) in [6.45, 7) is 3.91. The van der Waals surface area contributed by atoms with Gasteiger partial charge in [0.05, 0.1) is 18.9 Å². The van der Waals surface area contributed by atoms with E-state index in [1.807, 2.05) is 32.2 Å². The van der Waals surface area contributed by atoms with E-state index in [9.17, 15) is 14.4 Å². The second kappa shape index (κ2) is 12.4. The third-order valence-corrected chi connectivity index (χ3v) is 5.75. The van der Waals surface area contributed by atoms with E-state index >= 15 is 0 Å². The first-order chi connectivity index (χ1) is 14.2. The number of primary amides is 1. The molecule has 9 heteroatoms. The number of hydrogen-bond donors (Lipinski definition) is 3. The van der Waals surface area contributed by atoms with Crippen LogP contribution in [0.1, 0.15) is 25.8 Å². The molecule has 0 aliphatic heterocycles. The van der Waals surface area contributed by atoms with Gasteiger partial charge in [0, 0.05) is 19.2 Å². The molecule has 30 heavy (non-hydrogen) atoms. The van der Waals surface area contributed by atoms with Crippen molar-refractivity contribution in [3.63, 3.8) is 0 Å². The molecule has 0 heterocycles. The van der Waals surface area contributed by atoms with Crippen molar-refractivity contribution in [2.75, 3.05) is 26.2 Å². The van der Waals surface area contributed by atoms with E-state index in [2.05, 4.69) is 0 Å². The summed E-state index contributed by atoms with van der Waals surface area (Å²) in [6.07, 6.45) is 2.51. The van der Waals surface area contributed by atoms with Crippen LogP contribution in [0.3, 0.4) is 0 Å². The SMILES string of the molecule is COc1ccc(C[C@@H](C(N)=O)N(C)C(=O)C(CC(C)C)C(CSC)C(=O)NO)cc1. The van der Waals surface area contributed by atoms with E-state index in [0.29, 0.717) is 17.9 Å². The van der Waals surface area contributed by atoms with Crippen LogP contribution in [0, 0.1) is 17.8 Å². The Morgan fingerprint density at radius 3 is 2.23 bits per heavy atom. The van der Waals surface area contributed by atoms with E-state index in [0.717, 1.165) is 5.56 Å². The monoisotopic (exact) mass is 439 g/mol. The number of benzene rings is 1. The zero-order valence-electron chi connectivity index (χ0n) is 18.3. The third-order valence-electron chi connectivity index (χ3n) is 5.05. The molecule has 0 spiro atoms. The minimum atomic E-state index is -0.868. The lowest BCUT2D eigenvalue weighted by Crippen LogP contribution is -2.51. The summed E-state index contributed by atoms with van der Waals surface area (Å²) in [5, 5.41) is 9.15. The van der Waals surface area contributed by atoms with Gasteiger partial charge in [-0.2, -0.15) is 11.8 Å². The quantitative estimate of drug-likeness (QED) is 0.337. The Morgan fingerprint density at radius 2 is 1.80 bits per heavy atom. The molecule has 3 atom stereocenters. The molecule has 0 aliphatic rings. The Kier molecular flexibility index (Phi) is 10.7.